The van der Waals surface area contributed by atoms with Crippen molar-refractivity contribution < 1.29 is 28.6 Å². The van der Waals surface area contributed by atoms with Crippen molar-refractivity contribution in [2.75, 3.05) is 27.9 Å². The van der Waals surface area contributed by atoms with Gasteiger partial charge >= 0.3 is 12.1 Å². The van der Waals surface area contributed by atoms with E-state index in [1.54, 1.807) is 12.1 Å². The first-order valence-corrected chi connectivity index (χ1v) is 8.23. The van der Waals surface area contributed by atoms with E-state index in [2.05, 4.69) is 26.5 Å². The summed E-state index contributed by atoms with van der Waals surface area (Å²) < 4.78 is 15.7. The third-order valence-corrected chi connectivity index (χ3v) is 4.16. The predicted molar refractivity (Wildman–Crippen MR) is 96.3 cm³/mol. The Kier molecular flexibility index (Phi) is 5.38. The minimum absolute atomic E-state index is 0.276. The van der Waals surface area contributed by atoms with Gasteiger partial charge in [-0.2, -0.15) is 5.10 Å². The fourth-order valence-corrected chi connectivity index (χ4v) is 2.91. The lowest BCUT2D eigenvalue weighted by Crippen LogP contribution is -2.47. The molecular weight excluding hydrogens is 372 g/mol. The zero-order chi connectivity index (χ0) is 20.3. The summed E-state index contributed by atoms with van der Waals surface area (Å²) in [4.78, 5) is 36.5. The molecule has 2 aliphatic heterocycles. The molecule has 12 nitrogen and oxygen atoms in total. The van der Waals surface area contributed by atoms with Crippen LogP contribution >= 0.6 is 0 Å². The Labute approximate surface area is 160 Å². The molecule has 3 rings (SSSR count). The van der Waals surface area contributed by atoms with E-state index in [0.29, 0.717) is 22.8 Å². The summed E-state index contributed by atoms with van der Waals surface area (Å²) in [5, 5.41) is 11.5. The molecule has 1 aromatic carbocycles. The molecule has 2 aliphatic rings. The summed E-state index contributed by atoms with van der Waals surface area (Å²) in [7, 11) is 4.48. The van der Waals surface area contributed by atoms with Gasteiger partial charge in [0.2, 0.25) is 5.75 Å². The summed E-state index contributed by atoms with van der Waals surface area (Å²) in [6, 6.07) is 2.44. The molecule has 0 spiro atoms. The standard InChI is InChI=1S/C16H20N6O6/c1-26-9-4-8(5-10(27-2)12(9)28-3)6-17-21-11(23)7-22-14-13(19-16(22)25)18-15(24)20-14/h4-6,13-14H,7H2,1-3H3,(H,19,25)(H,21,23)(H2,18,20,24)/b17-6-/t13-,14-/m0/s1. The third kappa shape index (κ3) is 3.70. The zero-order valence-electron chi connectivity index (χ0n) is 15.4. The van der Waals surface area contributed by atoms with Crippen LogP contribution in [-0.2, 0) is 4.79 Å². The maximum Gasteiger partial charge on any atom is 0.321 e. The van der Waals surface area contributed by atoms with Gasteiger partial charge in [-0.3, -0.25) is 9.69 Å². The minimum Gasteiger partial charge on any atom is -0.493 e. The van der Waals surface area contributed by atoms with E-state index in [1.807, 2.05) is 0 Å². The fourth-order valence-electron chi connectivity index (χ4n) is 2.91. The summed E-state index contributed by atoms with van der Waals surface area (Å²) in [5.41, 5.74) is 2.93. The predicted octanol–water partition coefficient (Wildman–Crippen LogP) is -0.847. The molecule has 1 aromatic rings. The van der Waals surface area contributed by atoms with E-state index >= 15 is 0 Å². The Balaban J connectivity index is 1.62. The molecule has 150 valence electrons. The number of urea groups is 2. The van der Waals surface area contributed by atoms with Gasteiger partial charge in [-0.25, -0.2) is 15.0 Å². The summed E-state index contributed by atoms with van der Waals surface area (Å²) in [6.45, 7) is -0.276. The SMILES string of the molecule is COc1cc(/C=N\NC(=O)CN2C(=O)N[C@@H]3NC(=O)N[C@H]32)cc(OC)c1OC. The van der Waals surface area contributed by atoms with E-state index in [4.69, 9.17) is 14.2 Å². The highest BCUT2D eigenvalue weighted by Crippen LogP contribution is 2.37. The van der Waals surface area contributed by atoms with E-state index in [0.717, 1.165) is 0 Å². The average Bonchev–Trinajstić information content (AvgIpc) is 3.16. The van der Waals surface area contributed by atoms with E-state index in [-0.39, 0.29) is 6.54 Å². The maximum absolute atomic E-state index is 12.1. The van der Waals surface area contributed by atoms with Crippen LogP contribution < -0.4 is 35.6 Å². The number of hydrogen-bond donors (Lipinski definition) is 4. The second kappa shape index (κ2) is 7.90. The molecule has 5 amide bonds. The number of rotatable bonds is 7. The van der Waals surface area contributed by atoms with Gasteiger partial charge in [0.15, 0.2) is 11.5 Å². The van der Waals surface area contributed by atoms with Crippen LogP contribution in [0, 0.1) is 0 Å². The summed E-state index contributed by atoms with van der Waals surface area (Å²) in [5.74, 6) is 0.798. The second-order valence-corrected chi connectivity index (χ2v) is 5.87. The van der Waals surface area contributed by atoms with Gasteiger partial charge in [0.05, 0.1) is 27.5 Å². The van der Waals surface area contributed by atoms with Crippen LogP contribution in [0.2, 0.25) is 0 Å². The Morgan fingerprint density at radius 2 is 1.82 bits per heavy atom. The molecule has 28 heavy (non-hydrogen) atoms. The van der Waals surface area contributed by atoms with Crippen molar-refractivity contribution in [2.24, 2.45) is 5.10 Å². The maximum atomic E-state index is 12.1. The highest BCUT2D eigenvalue weighted by atomic mass is 16.5. The normalized spacial score (nSPS) is 20.3. The Morgan fingerprint density at radius 1 is 1.14 bits per heavy atom. The Bertz CT molecular complexity index is 803. The lowest BCUT2D eigenvalue weighted by molar-refractivity contribution is -0.121. The van der Waals surface area contributed by atoms with Crippen molar-refractivity contribution in [1.29, 1.82) is 0 Å². The van der Waals surface area contributed by atoms with Crippen molar-refractivity contribution in [2.45, 2.75) is 12.3 Å². The largest absolute Gasteiger partial charge is 0.493 e. The lowest BCUT2D eigenvalue weighted by atomic mass is 10.2. The first-order valence-electron chi connectivity index (χ1n) is 8.23. The van der Waals surface area contributed by atoms with Crippen molar-refractivity contribution in [3.63, 3.8) is 0 Å². The zero-order valence-corrected chi connectivity index (χ0v) is 15.4. The highest BCUT2D eigenvalue weighted by molar-refractivity contribution is 5.89. The number of hydrazone groups is 1. The molecular formula is C16H20N6O6. The number of fused-ring (bicyclic) bond motifs is 1. The topological polar surface area (TPSA) is 143 Å². The smallest absolute Gasteiger partial charge is 0.321 e. The van der Waals surface area contributed by atoms with E-state index in [1.165, 1.54) is 32.4 Å². The molecule has 0 aliphatic carbocycles. The van der Waals surface area contributed by atoms with Gasteiger partial charge in [-0.05, 0) is 12.1 Å². The van der Waals surface area contributed by atoms with Gasteiger partial charge in [0, 0.05) is 5.56 Å². The number of amides is 5. The molecule has 0 saturated carbocycles. The summed E-state index contributed by atoms with van der Waals surface area (Å²) in [6.07, 6.45) is 0.189. The molecule has 4 N–H and O–H groups in total. The van der Waals surface area contributed by atoms with Crippen LogP contribution in [0.25, 0.3) is 0 Å². The number of nitrogens with one attached hydrogen (secondary N) is 4. The molecule has 0 bridgehead atoms. The van der Waals surface area contributed by atoms with E-state index in [9.17, 15) is 14.4 Å². The molecule has 0 unspecified atom stereocenters. The van der Waals surface area contributed by atoms with Crippen molar-refractivity contribution in [3.05, 3.63) is 17.7 Å². The van der Waals surface area contributed by atoms with Crippen LogP contribution in [0.5, 0.6) is 17.2 Å². The first-order chi connectivity index (χ1) is 13.5. The number of carbonyl (C=O) groups excluding carboxylic acids is 3. The molecule has 2 heterocycles. The van der Waals surface area contributed by atoms with Crippen LogP contribution in [0.15, 0.2) is 17.2 Å². The molecule has 2 fully saturated rings. The van der Waals surface area contributed by atoms with Gasteiger partial charge < -0.3 is 30.2 Å². The van der Waals surface area contributed by atoms with Gasteiger partial charge in [-0.1, -0.05) is 0 Å². The molecule has 0 aromatic heterocycles. The number of hydrogen-bond acceptors (Lipinski definition) is 7. The van der Waals surface area contributed by atoms with Gasteiger partial charge in [-0.15, -0.1) is 0 Å². The number of nitrogens with zero attached hydrogens (tertiary/aromatic N) is 2. The number of benzene rings is 1. The Hall–Kier alpha value is -3.70. The average molecular weight is 392 g/mol. The number of methoxy groups -OCH3 is 3. The monoisotopic (exact) mass is 392 g/mol. The van der Waals surface area contributed by atoms with Crippen LogP contribution in [0.1, 0.15) is 5.56 Å². The third-order valence-electron chi connectivity index (χ3n) is 4.16. The fraction of sp³-hybridized carbons (Fsp3) is 0.375. The Morgan fingerprint density at radius 3 is 2.43 bits per heavy atom. The van der Waals surface area contributed by atoms with Crippen LogP contribution in [-0.4, -0.2) is 69.3 Å². The minimum atomic E-state index is -0.634. The van der Waals surface area contributed by atoms with Crippen molar-refractivity contribution >= 4 is 24.2 Å². The quantitative estimate of drug-likeness (QED) is 0.352. The van der Waals surface area contributed by atoms with Gasteiger partial charge in [0.25, 0.3) is 5.91 Å². The van der Waals surface area contributed by atoms with Crippen LogP contribution in [0.4, 0.5) is 9.59 Å². The van der Waals surface area contributed by atoms with Gasteiger partial charge in [0.1, 0.15) is 18.9 Å². The molecule has 2 atom stereocenters. The van der Waals surface area contributed by atoms with E-state index < -0.39 is 30.3 Å². The molecule has 2 saturated heterocycles. The number of ether oxygens (including phenoxy) is 3. The van der Waals surface area contributed by atoms with Crippen molar-refractivity contribution in [3.8, 4) is 17.2 Å². The van der Waals surface area contributed by atoms with Crippen molar-refractivity contribution in [1.82, 2.24) is 26.3 Å². The second-order valence-electron chi connectivity index (χ2n) is 5.87. The lowest BCUT2D eigenvalue weighted by Gasteiger charge is -2.19. The highest BCUT2D eigenvalue weighted by Gasteiger charge is 2.45. The molecule has 12 heteroatoms. The number of carbonyl (C=O) groups is 3. The first kappa shape index (κ1) is 19.1. The molecule has 0 radical (unpaired) electrons. The van der Waals surface area contributed by atoms with Crippen LogP contribution in [0.3, 0.4) is 0 Å². The summed E-state index contributed by atoms with van der Waals surface area (Å²) >= 11 is 0.